The molecule has 1 aromatic heterocycles. The summed E-state index contributed by atoms with van der Waals surface area (Å²) in [5.74, 6) is 7.11. The first-order valence-corrected chi connectivity index (χ1v) is 11.8. The maximum Gasteiger partial charge on any atom is 0.137 e. The van der Waals surface area contributed by atoms with Crippen molar-refractivity contribution in [3.8, 4) is 11.8 Å². The third-order valence-electron chi connectivity index (χ3n) is 3.65. The molecule has 2 N–H and O–H groups in total. The normalized spacial score (nSPS) is 17.2. The highest BCUT2D eigenvalue weighted by molar-refractivity contribution is 7.27. The zero-order chi connectivity index (χ0) is 15.7. The molecule has 1 aliphatic rings. The predicted molar refractivity (Wildman–Crippen MR) is 98.8 cm³/mol. The van der Waals surface area contributed by atoms with Gasteiger partial charge in [-0.3, -0.25) is 4.99 Å². The molecule has 4 heteroatoms. The Morgan fingerprint density at radius 1 is 1.23 bits per heavy atom. The molecule has 2 heterocycles. The lowest BCUT2D eigenvalue weighted by molar-refractivity contribution is 0.822. The van der Waals surface area contributed by atoms with Gasteiger partial charge in [-0.15, -0.1) is 11.3 Å². The number of rotatable bonds is 1. The summed E-state index contributed by atoms with van der Waals surface area (Å²) in [6, 6.07) is 12.3. The Morgan fingerprint density at radius 3 is 2.64 bits per heavy atom. The Balaban J connectivity index is 1.87. The summed E-state index contributed by atoms with van der Waals surface area (Å²) < 4.78 is 1.49. The summed E-state index contributed by atoms with van der Waals surface area (Å²) in [5, 5.41) is 0. The Morgan fingerprint density at radius 2 is 1.95 bits per heavy atom. The number of nitrogens with zero attached hydrogens (tertiary/aromatic N) is 1. The van der Waals surface area contributed by atoms with Gasteiger partial charge in [-0.25, -0.2) is 0 Å². The van der Waals surface area contributed by atoms with Crippen LogP contribution >= 0.6 is 11.3 Å². The minimum absolute atomic E-state index is 0.0307. The third-order valence-corrected chi connectivity index (χ3v) is 8.43. The van der Waals surface area contributed by atoms with E-state index < -0.39 is 8.07 Å². The van der Waals surface area contributed by atoms with Crippen molar-refractivity contribution >= 4 is 29.7 Å². The Labute approximate surface area is 137 Å². The Kier molecular flexibility index (Phi) is 3.94. The second-order valence-electron chi connectivity index (χ2n) is 6.58. The van der Waals surface area contributed by atoms with Gasteiger partial charge in [0.25, 0.3) is 0 Å². The first-order chi connectivity index (χ1) is 10.4. The van der Waals surface area contributed by atoms with Gasteiger partial charge in [0.05, 0.1) is 13.0 Å². The summed E-state index contributed by atoms with van der Waals surface area (Å²) >= 11 is 1.82. The maximum absolute atomic E-state index is 6.17. The van der Waals surface area contributed by atoms with E-state index in [1.54, 1.807) is 0 Å². The molecular weight excluding hydrogens is 304 g/mol. The van der Waals surface area contributed by atoms with E-state index >= 15 is 0 Å². The molecule has 1 aliphatic heterocycles. The summed E-state index contributed by atoms with van der Waals surface area (Å²) in [7, 11) is -1.30. The monoisotopic (exact) mass is 324 g/mol. The van der Waals surface area contributed by atoms with Crippen molar-refractivity contribution in [3.63, 3.8) is 0 Å². The lowest BCUT2D eigenvalue weighted by Gasteiger charge is -2.13. The van der Waals surface area contributed by atoms with Crippen LogP contribution in [0.5, 0.6) is 0 Å². The molecule has 0 aliphatic carbocycles. The molecule has 3 rings (SSSR count). The van der Waals surface area contributed by atoms with Crippen LogP contribution in [0.2, 0.25) is 19.6 Å². The molecule has 0 fully saturated rings. The summed E-state index contributed by atoms with van der Waals surface area (Å²) in [5.41, 5.74) is 8.52. The van der Waals surface area contributed by atoms with Gasteiger partial charge in [0.15, 0.2) is 0 Å². The Bertz CT molecular complexity index is 773. The zero-order valence-corrected chi connectivity index (χ0v) is 15.0. The van der Waals surface area contributed by atoms with E-state index in [2.05, 4.69) is 42.5 Å². The summed E-state index contributed by atoms with van der Waals surface area (Å²) in [4.78, 5) is 5.74. The number of fused-ring (bicyclic) bond motifs is 1. The third kappa shape index (κ3) is 3.16. The van der Waals surface area contributed by atoms with Crippen LogP contribution < -0.4 is 10.2 Å². The van der Waals surface area contributed by atoms with E-state index in [9.17, 15) is 0 Å². The maximum atomic E-state index is 6.17. The van der Waals surface area contributed by atoms with E-state index in [1.807, 2.05) is 41.7 Å². The van der Waals surface area contributed by atoms with Crippen LogP contribution in [0, 0.1) is 11.8 Å². The van der Waals surface area contributed by atoms with Gasteiger partial charge in [-0.2, -0.15) is 0 Å². The van der Waals surface area contributed by atoms with Crippen LogP contribution in [0.25, 0.3) is 0 Å². The Hall–Kier alpha value is -1.83. The van der Waals surface area contributed by atoms with Gasteiger partial charge in [0, 0.05) is 12.0 Å². The first kappa shape index (κ1) is 15.1. The largest absolute Gasteiger partial charge is 0.383 e. The van der Waals surface area contributed by atoms with Gasteiger partial charge >= 0.3 is 0 Å². The van der Waals surface area contributed by atoms with E-state index in [0.717, 1.165) is 16.9 Å². The molecule has 0 saturated carbocycles. The summed E-state index contributed by atoms with van der Waals surface area (Å²) in [6.07, 6.45) is 0.872. The van der Waals surface area contributed by atoms with Crippen molar-refractivity contribution in [2.24, 2.45) is 10.7 Å². The van der Waals surface area contributed by atoms with Crippen LogP contribution in [0.15, 0.2) is 41.4 Å². The summed E-state index contributed by atoms with van der Waals surface area (Å²) in [6.45, 7) is 7.10. The number of aliphatic imine (C=N–C) groups is 1. The highest BCUT2D eigenvalue weighted by Gasteiger charge is 2.26. The van der Waals surface area contributed by atoms with Crippen LogP contribution in [-0.2, 0) is 6.42 Å². The molecule has 22 heavy (non-hydrogen) atoms. The molecule has 2 aromatic rings. The fourth-order valence-corrected chi connectivity index (χ4v) is 5.41. The van der Waals surface area contributed by atoms with Crippen LogP contribution in [0.4, 0.5) is 0 Å². The fourth-order valence-electron chi connectivity index (χ4n) is 2.42. The SMILES string of the molecule is C[Si](C)(C)c1cc2c(s1)C(N)=NC(C#Cc1ccccc1)C2. The van der Waals surface area contributed by atoms with Gasteiger partial charge in [0.2, 0.25) is 0 Å². The molecule has 0 spiro atoms. The molecule has 1 unspecified atom stereocenters. The van der Waals surface area contributed by atoms with E-state index in [0.29, 0.717) is 5.84 Å². The molecule has 0 bridgehead atoms. The first-order valence-electron chi connectivity index (χ1n) is 7.47. The molecule has 2 nitrogen and oxygen atoms in total. The van der Waals surface area contributed by atoms with Gasteiger partial charge in [-0.1, -0.05) is 49.7 Å². The number of nitrogens with two attached hydrogens (primary N) is 1. The van der Waals surface area contributed by atoms with Gasteiger partial charge < -0.3 is 5.73 Å². The second kappa shape index (κ2) is 5.75. The average Bonchev–Trinajstić information content (AvgIpc) is 2.91. The quantitative estimate of drug-likeness (QED) is 0.635. The topological polar surface area (TPSA) is 38.4 Å². The molecule has 1 aromatic carbocycles. The molecule has 0 saturated heterocycles. The highest BCUT2D eigenvalue weighted by atomic mass is 32.1. The van der Waals surface area contributed by atoms with Crippen molar-refractivity contribution in [3.05, 3.63) is 52.4 Å². The minimum Gasteiger partial charge on any atom is -0.383 e. The smallest absolute Gasteiger partial charge is 0.137 e. The van der Waals surface area contributed by atoms with E-state index in [-0.39, 0.29) is 6.04 Å². The molecule has 0 radical (unpaired) electrons. The van der Waals surface area contributed by atoms with Gasteiger partial charge in [-0.05, 0) is 28.3 Å². The van der Waals surface area contributed by atoms with Crippen LogP contribution in [0.1, 0.15) is 16.0 Å². The highest BCUT2D eigenvalue weighted by Crippen LogP contribution is 2.24. The number of benzene rings is 1. The van der Waals surface area contributed by atoms with Crippen molar-refractivity contribution in [2.45, 2.75) is 32.1 Å². The lowest BCUT2D eigenvalue weighted by atomic mass is 10.0. The van der Waals surface area contributed by atoms with Crippen molar-refractivity contribution in [1.82, 2.24) is 0 Å². The predicted octanol–water partition coefficient (Wildman–Crippen LogP) is 2.98. The molecular formula is C18H20N2SSi. The number of amidine groups is 1. The average molecular weight is 325 g/mol. The standard InChI is InChI=1S/C18H20N2SSi/c1-22(2,3)16-12-14-11-15(20-18(19)17(14)21-16)10-9-13-7-5-4-6-8-13/h4-8,12,15H,11H2,1-3H3,(H2,19,20). The van der Waals surface area contributed by atoms with Crippen LogP contribution in [-0.4, -0.2) is 20.0 Å². The van der Waals surface area contributed by atoms with E-state index in [4.69, 9.17) is 5.73 Å². The lowest BCUT2D eigenvalue weighted by Crippen LogP contribution is -2.34. The molecule has 0 amide bonds. The van der Waals surface area contributed by atoms with Crippen molar-refractivity contribution < 1.29 is 0 Å². The number of thiophene rings is 1. The van der Waals surface area contributed by atoms with Gasteiger partial charge in [0.1, 0.15) is 11.9 Å². The van der Waals surface area contributed by atoms with Crippen molar-refractivity contribution in [1.29, 1.82) is 0 Å². The number of hydrogen-bond acceptors (Lipinski definition) is 3. The second-order valence-corrected chi connectivity index (χ2v) is 13.0. The molecule has 1 atom stereocenters. The number of hydrogen-bond donors (Lipinski definition) is 1. The van der Waals surface area contributed by atoms with Crippen molar-refractivity contribution in [2.75, 3.05) is 0 Å². The fraction of sp³-hybridized carbons (Fsp3) is 0.278. The van der Waals surface area contributed by atoms with Crippen LogP contribution in [0.3, 0.4) is 0 Å². The van der Waals surface area contributed by atoms with E-state index in [1.165, 1.54) is 10.1 Å². The minimum atomic E-state index is -1.30. The molecule has 112 valence electrons. The zero-order valence-electron chi connectivity index (χ0n) is 13.2.